The lowest BCUT2D eigenvalue weighted by atomic mass is 10.1. The van der Waals surface area contributed by atoms with Crippen molar-refractivity contribution >= 4 is 11.7 Å². The van der Waals surface area contributed by atoms with Gasteiger partial charge in [0, 0.05) is 23.8 Å². The molecular weight excluding hydrogens is 343 g/mol. The van der Waals surface area contributed by atoms with Crippen LogP contribution in [-0.2, 0) is 6.42 Å². The van der Waals surface area contributed by atoms with Gasteiger partial charge in [-0.1, -0.05) is 25.0 Å². The molecule has 1 saturated carbocycles. The van der Waals surface area contributed by atoms with Crippen LogP contribution in [0.5, 0.6) is 0 Å². The van der Waals surface area contributed by atoms with Crippen molar-refractivity contribution in [3.05, 3.63) is 58.2 Å². The van der Waals surface area contributed by atoms with E-state index >= 15 is 0 Å². The van der Waals surface area contributed by atoms with Gasteiger partial charge >= 0.3 is 0 Å². The van der Waals surface area contributed by atoms with Crippen molar-refractivity contribution in [1.29, 1.82) is 0 Å². The molecule has 144 valence electrons. The van der Waals surface area contributed by atoms with Gasteiger partial charge in [-0.05, 0) is 63.3 Å². The highest BCUT2D eigenvalue weighted by Crippen LogP contribution is 2.27. The summed E-state index contributed by atoms with van der Waals surface area (Å²) in [5, 5.41) is 0. The highest BCUT2D eigenvalue weighted by atomic mass is 19.1. The Hall–Kier alpha value is -2.43. The lowest BCUT2D eigenvalue weighted by Gasteiger charge is -2.29. The van der Waals surface area contributed by atoms with Gasteiger partial charge in [0.25, 0.3) is 5.91 Å². The molecule has 1 N–H and O–H groups in total. The monoisotopic (exact) mass is 370 g/mol. The van der Waals surface area contributed by atoms with E-state index in [1.165, 1.54) is 19.1 Å². The molecule has 1 fully saturated rings. The SMILES string of the molecule is CC(=O)c1c(C)[nH]c(C(=O)N(CCc2ccc(F)cc2)C2CCCC2)c1C. The van der Waals surface area contributed by atoms with Crippen molar-refractivity contribution in [1.82, 2.24) is 9.88 Å². The van der Waals surface area contributed by atoms with E-state index < -0.39 is 0 Å². The van der Waals surface area contributed by atoms with Gasteiger partial charge in [-0.2, -0.15) is 0 Å². The molecule has 3 rings (SSSR count). The van der Waals surface area contributed by atoms with Crippen LogP contribution in [0.2, 0.25) is 0 Å². The fourth-order valence-electron chi connectivity index (χ4n) is 4.20. The van der Waals surface area contributed by atoms with Crippen molar-refractivity contribution in [3.8, 4) is 0 Å². The molecular formula is C22H27FN2O2. The molecule has 1 aliphatic carbocycles. The molecule has 1 aliphatic rings. The van der Waals surface area contributed by atoms with E-state index in [4.69, 9.17) is 0 Å². The topological polar surface area (TPSA) is 53.2 Å². The number of H-pyrrole nitrogens is 1. The van der Waals surface area contributed by atoms with E-state index in [2.05, 4.69) is 4.98 Å². The fourth-order valence-corrected chi connectivity index (χ4v) is 4.20. The zero-order chi connectivity index (χ0) is 19.6. The summed E-state index contributed by atoms with van der Waals surface area (Å²) in [6.45, 7) is 5.78. The number of carbonyl (C=O) groups is 2. The van der Waals surface area contributed by atoms with Gasteiger partial charge in [0.05, 0.1) is 0 Å². The number of nitrogens with one attached hydrogen (secondary N) is 1. The minimum Gasteiger partial charge on any atom is -0.354 e. The smallest absolute Gasteiger partial charge is 0.270 e. The molecule has 2 aromatic rings. The molecule has 0 atom stereocenters. The van der Waals surface area contributed by atoms with Crippen molar-refractivity contribution in [2.24, 2.45) is 0 Å². The minimum atomic E-state index is -0.253. The number of aromatic nitrogens is 1. The third-order valence-corrected chi connectivity index (χ3v) is 5.58. The third kappa shape index (κ3) is 4.12. The molecule has 27 heavy (non-hydrogen) atoms. The third-order valence-electron chi connectivity index (χ3n) is 5.58. The number of hydrogen-bond acceptors (Lipinski definition) is 2. The Bertz CT molecular complexity index is 833. The van der Waals surface area contributed by atoms with Gasteiger partial charge in [0.1, 0.15) is 11.5 Å². The molecule has 5 heteroatoms. The molecule has 1 aromatic heterocycles. The Morgan fingerprint density at radius 1 is 1.15 bits per heavy atom. The molecule has 4 nitrogen and oxygen atoms in total. The van der Waals surface area contributed by atoms with E-state index in [1.54, 1.807) is 12.1 Å². The second-order valence-corrected chi connectivity index (χ2v) is 7.49. The molecule has 0 aliphatic heterocycles. The average Bonchev–Trinajstić information content (AvgIpc) is 3.24. The number of nitrogens with zero attached hydrogens (tertiary/aromatic N) is 1. The van der Waals surface area contributed by atoms with Crippen LogP contribution in [0.1, 0.15) is 70.3 Å². The number of benzene rings is 1. The Balaban J connectivity index is 1.84. The van der Waals surface area contributed by atoms with Crippen LogP contribution >= 0.6 is 0 Å². The molecule has 0 bridgehead atoms. The Morgan fingerprint density at radius 3 is 2.33 bits per heavy atom. The van der Waals surface area contributed by atoms with Crippen LogP contribution in [0.4, 0.5) is 4.39 Å². The zero-order valence-electron chi connectivity index (χ0n) is 16.3. The molecule has 0 radical (unpaired) electrons. The molecule has 0 saturated heterocycles. The van der Waals surface area contributed by atoms with Crippen LogP contribution in [0, 0.1) is 19.7 Å². The number of aromatic amines is 1. The standard InChI is InChI=1S/C22H27FN2O2/c1-14-20(16(3)26)15(2)24-21(14)22(27)25(19-6-4-5-7-19)13-12-17-8-10-18(23)11-9-17/h8-11,19,24H,4-7,12-13H2,1-3H3. The number of aryl methyl sites for hydroxylation is 1. The second-order valence-electron chi connectivity index (χ2n) is 7.49. The van der Waals surface area contributed by atoms with E-state index in [9.17, 15) is 14.0 Å². The largest absolute Gasteiger partial charge is 0.354 e. The predicted octanol–water partition coefficient (Wildman–Crippen LogP) is 4.60. The minimum absolute atomic E-state index is 0.0287. The predicted molar refractivity (Wildman–Crippen MR) is 104 cm³/mol. The maximum absolute atomic E-state index is 13.3. The van der Waals surface area contributed by atoms with Gasteiger partial charge in [-0.25, -0.2) is 4.39 Å². The molecule has 0 unspecified atom stereocenters. The van der Waals surface area contributed by atoms with Crippen LogP contribution in [0.3, 0.4) is 0 Å². The van der Waals surface area contributed by atoms with E-state index in [-0.39, 0.29) is 23.5 Å². The number of halogens is 1. The average molecular weight is 370 g/mol. The summed E-state index contributed by atoms with van der Waals surface area (Å²) in [6, 6.07) is 6.67. The fraction of sp³-hybridized carbons (Fsp3) is 0.455. The van der Waals surface area contributed by atoms with Crippen LogP contribution in [0.15, 0.2) is 24.3 Å². The summed E-state index contributed by atoms with van der Waals surface area (Å²) in [7, 11) is 0. The van der Waals surface area contributed by atoms with E-state index in [1.807, 2.05) is 18.7 Å². The Morgan fingerprint density at radius 2 is 1.78 bits per heavy atom. The van der Waals surface area contributed by atoms with Crippen molar-refractivity contribution < 1.29 is 14.0 Å². The molecule has 0 spiro atoms. The zero-order valence-corrected chi connectivity index (χ0v) is 16.3. The Labute approximate surface area is 159 Å². The first-order valence-corrected chi connectivity index (χ1v) is 9.64. The highest BCUT2D eigenvalue weighted by molar-refractivity contribution is 6.02. The van der Waals surface area contributed by atoms with E-state index in [0.717, 1.165) is 42.5 Å². The normalized spacial score (nSPS) is 14.5. The number of ketones is 1. The first kappa shape index (κ1) is 19.3. The van der Waals surface area contributed by atoms with Gasteiger partial charge < -0.3 is 9.88 Å². The summed E-state index contributed by atoms with van der Waals surface area (Å²) < 4.78 is 13.1. The summed E-state index contributed by atoms with van der Waals surface area (Å²) in [5.74, 6) is -0.326. The molecule has 1 amide bonds. The molecule has 1 heterocycles. The number of amides is 1. The Kier molecular flexibility index (Phi) is 5.78. The first-order chi connectivity index (χ1) is 12.9. The second kappa shape index (κ2) is 8.07. The van der Waals surface area contributed by atoms with E-state index in [0.29, 0.717) is 24.2 Å². The van der Waals surface area contributed by atoms with Gasteiger partial charge in [-0.15, -0.1) is 0 Å². The summed E-state index contributed by atoms with van der Waals surface area (Å²) >= 11 is 0. The number of Topliss-reactive ketones (excluding diaryl/α,β-unsaturated/α-hetero) is 1. The number of rotatable bonds is 6. The van der Waals surface area contributed by atoms with Crippen LogP contribution < -0.4 is 0 Å². The first-order valence-electron chi connectivity index (χ1n) is 9.64. The quantitative estimate of drug-likeness (QED) is 0.756. The van der Waals surface area contributed by atoms with Crippen LogP contribution in [-0.4, -0.2) is 34.2 Å². The van der Waals surface area contributed by atoms with Crippen molar-refractivity contribution in [2.45, 2.75) is 58.9 Å². The molecule has 1 aromatic carbocycles. The maximum Gasteiger partial charge on any atom is 0.270 e. The van der Waals surface area contributed by atoms with Crippen molar-refractivity contribution in [3.63, 3.8) is 0 Å². The van der Waals surface area contributed by atoms with Gasteiger partial charge in [0.15, 0.2) is 5.78 Å². The maximum atomic E-state index is 13.3. The summed E-state index contributed by atoms with van der Waals surface area (Å²) in [4.78, 5) is 30.3. The lowest BCUT2D eigenvalue weighted by Crippen LogP contribution is -2.40. The van der Waals surface area contributed by atoms with Crippen molar-refractivity contribution in [2.75, 3.05) is 6.54 Å². The number of hydrogen-bond donors (Lipinski definition) is 1. The van der Waals surface area contributed by atoms with Gasteiger partial charge in [0.2, 0.25) is 0 Å². The lowest BCUT2D eigenvalue weighted by molar-refractivity contribution is 0.0677. The van der Waals surface area contributed by atoms with Crippen LogP contribution in [0.25, 0.3) is 0 Å². The highest BCUT2D eigenvalue weighted by Gasteiger charge is 2.30. The summed E-state index contributed by atoms with van der Waals surface area (Å²) in [6.07, 6.45) is 4.96. The van der Waals surface area contributed by atoms with Gasteiger partial charge in [-0.3, -0.25) is 9.59 Å². The number of carbonyl (C=O) groups excluding carboxylic acids is 2. The summed E-state index contributed by atoms with van der Waals surface area (Å²) in [5.41, 5.74) is 3.62.